The molecule has 0 aromatic carbocycles. The summed E-state index contributed by atoms with van der Waals surface area (Å²) in [5, 5.41) is 7.31. The van der Waals surface area contributed by atoms with E-state index >= 15 is 0 Å². The average Bonchev–Trinajstić information content (AvgIpc) is 2.69. The first-order valence-corrected chi connectivity index (χ1v) is 8.45. The van der Waals surface area contributed by atoms with Crippen molar-refractivity contribution in [1.29, 1.82) is 0 Å². The van der Waals surface area contributed by atoms with Crippen LogP contribution in [0.5, 0.6) is 0 Å². The van der Waals surface area contributed by atoms with Crippen LogP contribution >= 0.6 is 15.9 Å². The van der Waals surface area contributed by atoms with Crippen LogP contribution in [0.25, 0.3) is 0 Å². The topological polar surface area (TPSA) is 120 Å². The molecule has 3 N–H and O–H groups in total. The molecule has 1 fully saturated rings. The van der Waals surface area contributed by atoms with Gasteiger partial charge in [0.15, 0.2) is 4.60 Å². The van der Waals surface area contributed by atoms with Gasteiger partial charge in [0.25, 0.3) is 10.0 Å². The number of nitrogens with one attached hydrogen (secondary N) is 1. The molecule has 1 aromatic rings. The molecule has 0 bridgehead atoms. The number of sulfonamides is 1. The molecule has 1 amide bonds. The number of hydrogen-bond acceptors (Lipinski definition) is 5. The Morgan fingerprint density at radius 1 is 1.40 bits per heavy atom. The highest BCUT2D eigenvalue weighted by atomic mass is 79.9. The first-order chi connectivity index (χ1) is 9.31. The van der Waals surface area contributed by atoms with Crippen LogP contribution in [0.2, 0.25) is 0 Å². The molecule has 1 aliphatic rings. The highest BCUT2D eigenvalue weighted by Gasteiger charge is 2.30. The molecular weight excluding hydrogens is 350 g/mol. The molecule has 0 atom stereocenters. The third-order valence-electron chi connectivity index (χ3n) is 3.44. The summed E-state index contributed by atoms with van der Waals surface area (Å²) in [6, 6.07) is -0.197. The maximum absolute atomic E-state index is 12.3. The zero-order valence-corrected chi connectivity index (χ0v) is 13.3. The molecule has 0 radical (unpaired) electrons. The van der Waals surface area contributed by atoms with E-state index in [1.54, 1.807) is 0 Å². The quantitative estimate of drug-likeness (QED) is 0.771. The second kappa shape index (κ2) is 5.78. The van der Waals surface area contributed by atoms with Crippen LogP contribution in [0.3, 0.4) is 0 Å². The first kappa shape index (κ1) is 15.4. The summed E-state index contributed by atoms with van der Waals surface area (Å²) in [5.74, 6) is -0.467. The van der Waals surface area contributed by atoms with Gasteiger partial charge in [-0.25, -0.2) is 17.8 Å². The fourth-order valence-corrected chi connectivity index (χ4v) is 4.78. The van der Waals surface area contributed by atoms with Gasteiger partial charge < -0.3 is 5.73 Å². The zero-order chi connectivity index (χ0) is 14.9. The molecule has 1 heterocycles. The van der Waals surface area contributed by atoms with E-state index in [2.05, 4.69) is 31.0 Å². The molecule has 0 spiro atoms. The van der Waals surface area contributed by atoms with Gasteiger partial charge in [-0.15, -0.1) is 5.10 Å². The molecule has 0 aliphatic heterocycles. The zero-order valence-electron chi connectivity index (χ0n) is 10.9. The minimum atomic E-state index is -3.69. The Kier molecular flexibility index (Phi) is 4.45. The van der Waals surface area contributed by atoms with E-state index in [4.69, 9.17) is 5.73 Å². The van der Waals surface area contributed by atoms with E-state index in [0.29, 0.717) is 25.7 Å². The summed E-state index contributed by atoms with van der Waals surface area (Å²) < 4.78 is 28.6. The molecule has 1 aromatic heterocycles. The van der Waals surface area contributed by atoms with Crippen LogP contribution < -0.4 is 10.5 Å². The summed E-state index contributed by atoms with van der Waals surface area (Å²) in [4.78, 5) is 11.1. The Balaban J connectivity index is 2.06. The summed E-state index contributed by atoms with van der Waals surface area (Å²) in [6.45, 7) is 0. The van der Waals surface area contributed by atoms with Gasteiger partial charge in [-0.3, -0.25) is 4.79 Å². The van der Waals surface area contributed by atoms with Gasteiger partial charge >= 0.3 is 0 Å². The minimum absolute atomic E-state index is 0.00507. The predicted molar refractivity (Wildman–Crippen MR) is 74.0 cm³/mol. The lowest BCUT2D eigenvalue weighted by Gasteiger charge is -2.27. The molecule has 10 heteroatoms. The van der Waals surface area contributed by atoms with Crippen molar-refractivity contribution in [2.24, 2.45) is 18.7 Å². The lowest BCUT2D eigenvalue weighted by Crippen LogP contribution is -2.40. The van der Waals surface area contributed by atoms with E-state index in [1.807, 2.05) is 0 Å². The Morgan fingerprint density at radius 3 is 2.45 bits per heavy atom. The number of carbonyl (C=O) groups excluding carboxylic acids is 1. The van der Waals surface area contributed by atoms with Crippen molar-refractivity contribution in [3.05, 3.63) is 4.60 Å². The van der Waals surface area contributed by atoms with E-state index in [1.165, 1.54) is 11.7 Å². The van der Waals surface area contributed by atoms with Crippen molar-refractivity contribution in [2.75, 3.05) is 0 Å². The molecule has 112 valence electrons. The van der Waals surface area contributed by atoms with Gasteiger partial charge in [0.2, 0.25) is 10.9 Å². The summed E-state index contributed by atoms with van der Waals surface area (Å²) in [7, 11) is -2.18. The Labute approximate surface area is 125 Å². The molecule has 0 saturated heterocycles. The van der Waals surface area contributed by atoms with Crippen molar-refractivity contribution in [1.82, 2.24) is 19.7 Å². The van der Waals surface area contributed by atoms with Crippen LogP contribution in [0.15, 0.2) is 9.63 Å². The third kappa shape index (κ3) is 3.18. The Bertz CT molecular complexity index is 587. The van der Waals surface area contributed by atoms with E-state index in [-0.39, 0.29) is 27.5 Å². The maximum Gasteiger partial charge on any atom is 0.260 e. The van der Waals surface area contributed by atoms with Crippen molar-refractivity contribution < 1.29 is 13.2 Å². The number of nitrogens with two attached hydrogens (primary N) is 1. The summed E-state index contributed by atoms with van der Waals surface area (Å²) >= 11 is 3.07. The lowest BCUT2D eigenvalue weighted by atomic mass is 9.86. The number of nitrogens with zero attached hydrogens (tertiary/aromatic N) is 3. The molecule has 0 unspecified atom stereocenters. The van der Waals surface area contributed by atoms with Gasteiger partial charge in [0.1, 0.15) is 0 Å². The van der Waals surface area contributed by atoms with Gasteiger partial charge in [-0.05, 0) is 41.6 Å². The van der Waals surface area contributed by atoms with Gasteiger partial charge in [-0.2, -0.15) is 0 Å². The van der Waals surface area contributed by atoms with Crippen molar-refractivity contribution in [3.8, 4) is 0 Å². The SMILES string of the molecule is Cn1nnc(Br)c1S(=O)(=O)NC1CCC(C(N)=O)CC1. The van der Waals surface area contributed by atoms with E-state index in [0.717, 1.165) is 0 Å². The number of amides is 1. The average molecular weight is 366 g/mol. The molecular formula is C10H16BrN5O3S. The number of halogens is 1. The normalized spacial score (nSPS) is 23.7. The van der Waals surface area contributed by atoms with Crippen molar-refractivity contribution >= 4 is 31.9 Å². The Morgan fingerprint density at radius 2 is 2.00 bits per heavy atom. The highest BCUT2D eigenvalue weighted by molar-refractivity contribution is 9.10. The van der Waals surface area contributed by atoms with Crippen LogP contribution in [0.4, 0.5) is 0 Å². The first-order valence-electron chi connectivity index (χ1n) is 6.18. The number of primary amides is 1. The molecule has 8 nitrogen and oxygen atoms in total. The van der Waals surface area contributed by atoms with Crippen LogP contribution in [0.1, 0.15) is 25.7 Å². The number of aromatic nitrogens is 3. The molecule has 20 heavy (non-hydrogen) atoms. The molecule has 1 saturated carbocycles. The van der Waals surface area contributed by atoms with Crippen molar-refractivity contribution in [3.63, 3.8) is 0 Å². The van der Waals surface area contributed by atoms with Gasteiger partial charge in [0, 0.05) is 19.0 Å². The number of aryl methyl sites for hydroxylation is 1. The fraction of sp³-hybridized carbons (Fsp3) is 0.700. The third-order valence-corrected chi connectivity index (χ3v) is 5.85. The molecule has 1 aliphatic carbocycles. The predicted octanol–water partition coefficient (Wildman–Crippen LogP) is -0.100. The smallest absolute Gasteiger partial charge is 0.260 e. The van der Waals surface area contributed by atoms with Crippen LogP contribution in [-0.4, -0.2) is 35.4 Å². The standard InChI is InChI=1S/C10H16BrN5O3S/c1-16-10(8(11)13-15-16)20(18,19)14-7-4-2-6(3-5-7)9(12)17/h6-7,14H,2-5H2,1H3,(H2,12,17). The van der Waals surface area contributed by atoms with Crippen LogP contribution in [0, 0.1) is 5.92 Å². The molecule has 2 rings (SSSR count). The Hall–Kier alpha value is -1.00. The van der Waals surface area contributed by atoms with E-state index < -0.39 is 10.0 Å². The van der Waals surface area contributed by atoms with E-state index in [9.17, 15) is 13.2 Å². The van der Waals surface area contributed by atoms with Crippen LogP contribution in [-0.2, 0) is 21.9 Å². The summed E-state index contributed by atoms with van der Waals surface area (Å²) in [6.07, 6.45) is 2.39. The lowest BCUT2D eigenvalue weighted by molar-refractivity contribution is -0.122. The monoisotopic (exact) mass is 365 g/mol. The summed E-state index contributed by atoms with van der Waals surface area (Å²) in [5.41, 5.74) is 5.25. The number of hydrogen-bond donors (Lipinski definition) is 2. The highest BCUT2D eigenvalue weighted by Crippen LogP contribution is 2.26. The minimum Gasteiger partial charge on any atom is -0.369 e. The maximum atomic E-state index is 12.3. The van der Waals surface area contributed by atoms with Crippen molar-refractivity contribution in [2.45, 2.75) is 36.8 Å². The van der Waals surface area contributed by atoms with Gasteiger partial charge in [-0.1, -0.05) is 5.21 Å². The largest absolute Gasteiger partial charge is 0.369 e. The van der Waals surface area contributed by atoms with Gasteiger partial charge in [0.05, 0.1) is 0 Å². The number of carbonyl (C=O) groups is 1. The fourth-order valence-electron chi connectivity index (χ4n) is 2.38. The number of rotatable bonds is 4. The second-order valence-electron chi connectivity index (χ2n) is 4.88. The second-order valence-corrected chi connectivity index (χ2v) is 7.26.